The molecule has 0 fully saturated rings. The fraction of sp³-hybridized carbons (Fsp3) is 0.368. The van der Waals surface area contributed by atoms with Crippen LogP contribution in [0.15, 0.2) is 18.2 Å². The Morgan fingerprint density at radius 2 is 2.14 bits per heavy atom. The molecule has 0 unspecified atom stereocenters. The van der Waals surface area contributed by atoms with E-state index in [-0.39, 0.29) is 28.8 Å². The van der Waals surface area contributed by atoms with Crippen molar-refractivity contribution in [3.05, 3.63) is 40.2 Å². The summed E-state index contributed by atoms with van der Waals surface area (Å²) >= 11 is 6.25. The van der Waals surface area contributed by atoms with Gasteiger partial charge in [0.1, 0.15) is 16.5 Å². The molecule has 1 amide bonds. The molecule has 1 aromatic carbocycles. The molecule has 0 atom stereocenters. The summed E-state index contributed by atoms with van der Waals surface area (Å²) in [5.74, 6) is -0.643. The molecule has 3 rings (SSSR count). The number of aryl methyl sites for hydroxylation is 1. The predicted octanol–water partition coefficient (Wildman–Crippen LogP) is 2.87. The first-order valence-electron chi connectivity index (χ1n) is 8.76. The summed E-state index contributed by atoms with van der Waals surface area (Å²) < 4.78 is 11.9. The van der Waals surface area contributed by atoms with Crippen LogP contribution >= 0.6 is 11.6 Å². The minimum atomic E-state index is -0.708. The van der Waals surface area contributed by atoms with Gasteiger partial charge in [-0.15, -0.1) is 0 Å². The number of benzene rings is 1. The third-order valence-electron chi connectivity index (χ3n) is 4.08. The minimum absolute atomic E-state index is 0.0670. The maximum absolute atomic E-state index is 12.4. The van der Waals surface area contributed by atoms with Crippen molar-refractivity contribution in [2.24, 2.45) is 5.92 Å². The average Bonchev–Trinajstić information content (AvgIpc) is 2.91. The van der Waals surface area contributed by atoms with Gasteiger partial charge in [-0.25, -0.2) is 4.79 Å². The first-order chi connectivity index (χ1) is 13.3. The summed E-state index contributed by atoms with van der Waals surface area (Å²) in [6.45, 7) is 5.72. The number of fused-ring (bicyclic) bond motifs is 1. The number of esters is 1. The molecule has 0 spiro atoms. The summed E-state index contributed by atoms with van der Waals surface area (Å²) in [7, 11) is 0. The predicted molar refractivity (Wildman–Crippen MR) is 102 cm³/mol. The monoisotopic (exact) mass is 405 g/mol. The van der Waals surface area contributed by atoms with E-state index in [1.807, 2.05) is 13.8 Å². The Morgan fingerprint density at radius 1 is 1.39 bits per heavy atom. The SMILES string of the molecule is Cc1nn(CC(C)C)c(Cl)c1C(=O)OCC(=O)c1ccc2c(c1)NC(=O)CO2. The number of hydrogen-bond acceptors (Lipinski definition) is 6. The lowest BCUT2D eigenvalue weighted by Crippen LogP contribution is -2.25. The van der Waals surface area contributed by atoms with Crippen molar-refractivity contribution in [1.29, 1.82) is 0 Å². The number of carbonyl (C=O) groups excluding carboxylic acids is 3. The number of nitrogens with zero attached hydrogens (tertiary/aromatic N) is 2. The number of halogens is 1. The molecule has 0 radical (unpaired) electrons. The zero-order valence-electron chi connectivity index (χ0n) is 15.7. The first-order valence-corrected chi connectivity index (χ1v) is 9.14. The molecule has 9 heteroatoms. The first kappa shape index (κ1) is 19.9. The van der Waals surface area contributed by atoms with E-state index in [4.69, 9.17) is 21.1 Å². The number of aromatic nitrogens is 2. The third-order valence-corrected chi connectivity index (χ3v) is 4.46. The second-order valence-electron chi connectivity index (χ2n) is 6.87. The van der Waals surface area contributed by atoms with Crippen molar-refractivity contribution in [1.82, 2.24) is 9.78 Å². The molecule has 1 aromatic heterocycles. The Labute approximate surface area is 166 Å². The summed E-state index contributed by atoms with van der Waals surface area (Å²) in [6.07, 6.45) is 0. The molecule has 0 aliphatic carbocycles. The van der Waals surface area contributed by atoms with Crippen LogP contribution in [0.25, 0.3) is 0 Å². The van der Waals surface area contributed by atoms with Gasteiger partial charge in [0.25, 0.3) is 5.91 Å². The fourth-order valence-corrected chi connectivity index (χ4v) is 3.12. The molecule has 1 N–H and O–H groups in total. The number of amides is 1. The molecule has 0 bridgehead atoms. The summed E-state index contributed by atoms with van der Waals surface area (Å²) in [5, 5.41) is 7.08. The second-order valence-corrected chi connectivity index (χ2v) is 7.23. The highest BCUT2D eigenvalue weighted by atomic mass is 35.5. The smallest absolute Gasteiger partial charge is 0.343 e. The lowest BCUT2D eigenvalue weighted by atomic mass is 10.1. The van der Waals surface area contributed by atoms with Crippen LogP contribution in [0, 0.1) is 12.8 Å². The molecule has 0 saturated heterocycles. The normalized spacial score (nSPS) is 13.0. The van der Waals surface area contributed by atoms with E-state index in [0.29, 0.717) is 29.6 Å². The number of Topliss-reactive ketones (excluding diaryl/α,β-unsaturated/α-hetero) is 1. The van der Waals surface area contributed by atoms with Gasteiger partial charge in [-0.3, -0.25) is 14.3 Å². The molecule has 8 nitrogen and oxygen atoms in total. The van der Waals surface area contributed by atoms with Crippen LogP contribution in [-0.2, 0) is 16.1 Å². The van der Waals surface area contributed by atoms with Crippen LogP contribution in [0.4, 0.5) is 5.69 Å². The highest BCUT2D eigenvalue weighted by molar-refractivity contribution is 6.32. The van der Waals surface area contributed by atoms with E-state index >= 15 is 0 Å². The van der Waals surface area contributed by atoms with E-state index < -0.39 is 18.4 Å². The number of ketones is 1. The van der Waals surface area contributed by atoms with Gasteiger partial charge in [0.05, 0.1) is 11.4 Å². The van der Waals surface area contributed by atoms with Gasteiger partial charge in [0, 0.05) is 12.1 Å². The van der Waals surface area contributed by atoms with Gasteiger partial charge in [-0.2, -0.15) is 5.10 Å². The maximum Gasteiger partial charge on any atom is 0.343 e. The van der Waals surface area contributed by atoms with Crippen molar-refractivity contribution in [2.45, 2.75) is 27.3 Å². The topological polar surface area (TPSA) is 99.5 Å². The van der Waals surface area contributed by atoms with Crippen LogP contribution in [0.3, 0.4) is 0 Å². The number of ether oxygens (including phenoxy) is 2. The van der Waals surface area contributed by atoms with Crippen LogP contribution in [-0.4, -0.2) is 40.7 Å². The molecule has 2 aromatic rings. The van der Waals surface area contributed by atoms with Crippen molar-refractivity contribution in [3.8, 4) is 5.75 Å². The Hall–Kier alpha value is -2.87. The summed E-state index contributed by atoms with van der Waals surface area (Å²) in [6, 6.07) is 4.62. The summed E-state index contributed by atoms with van der Waals surface area (Å²) in [5.41, 5.74) is 1.29. The number of nitrogens with one attached hydrogen (secondary N) is 1. The van der Waals surface area contributed by atoms with Gasteiger partial charge in [0.2, 0.25) is 0 Å². The lowest BCUT2D eigenvalue weighted by molar-refractivity contribution is -0.118. The van der Waals surface area contributed by atoms with Crippen LogP contribution in [0.5, 0.6) is 5.75 Å². The highest BCUT2D eigenvalue weighted by Crippen LogP contribution is 2.28. The molecule has 1 aliphatic heterocycles. The standard InChI is InChI=1S/C19H20ClN3O5/c1-10(2)7-23-18(20)17(11(3)22-23)19(26)28-8-14(24)12-4-5-15-13(6-12)21-16(25)9-27-15/h4-6,10H,7-9H2,1-3H3,(H,21,25). The van der Waals surface area contributed by atoms with Crippen LogP contribution in [0.2, 0.25) is 5.15 Å². The van der Waals surface area contributed by atoms with Crippen molar-refractivity contribution in [3.63, 3.8) is 0 Å². The van der Waals surface area contributed by atoms with Gasteiger partial charge in [-0.05, 0) is 31.0 Å². The molecule has 2 heterocycles. The van der Waals surface area contributed by atoms with E-state index in [1.165, 1.54) is 6.07 Å². The fourth-order valence-electron chi connectivity index (χ4n) is 2.80. The Bertz CT molecular complexity index is 951. The van der Waals surface area contributed by atoms with Crippen molar-refractivity contribution < 1.29 is 23.9 Å². The van der Waals surface area contributed by atoms with Gasteiger partial charge < -0.3 is 14.8 Å². The Kier molecular flexibility index (Phi) is 5.69. The van der Waals surface area contributed by atoms with Crippen LogP contribution in [0.1, 0.15) is 40.3 Å². The second kappa shape index (κ2) is 8.02. The quantitative estimate of drug-likeness (QED) is 0.586. The molecule has 0 saturated carbocycles. The average molecular weight is 406 g/mol. The van der Waals surface area contributed by atoms with Crippen molar-refractivity contribution >= 4 is 34.9 Å². The Morgan fingerprint density at radius 3 is 2.86 bits per heavy atom. The highest BCUT2D eigenvalue weighted by Gasteiger charge is 2.23. The molecular formula is C19H20ClN3O5. The number of carbonyl (C=O) groups is 3. The number of rotatable bonds is 6. The number of hydrogen-bond donors (Lipinski definition) is 1. The third kappa shape index (κ3) is 4.17. The van der Waals surface area contributed by atoms with Crippen LogP contribution < -0.4 is 10.1 Å². The molecule has 28 heavy (non-hydrogen) atoms. The molecule has 1 aliphatic rings. The van der Waals surface area contributed by atoms with Gasteiger partial charge in [0.15, 0.2) is 19.0 Å². The zero-order chi connectivity index (χ0) is 20.4. The zero-order valence-corrected chi connectivity index (χ0v) is 16.5. The summed E-state index contributed by atoms with van der Waals surface area (Å²) in [4.78, 5) is 36.2. The van der Waals surface area contributed by atoms with Crippen molar-refractivity contribution in [2.75, 3.05) is 18.5 Å². The Balaban J connectivity index is 1.68. The molecule has 148 valence electrons. The lowest BCUT2D eigenvalue weighted by Gasteiger charge is -2.18. The van der Waals surface area contributed by atoms with E-state index in [9.17, 15) is 14.4 Å². The number of anilines is 1. The maximum atomic E-state index is 12.4. The van der Waals surface area contributed by atoms with E-state index in [2.05, 4.69) is 10.4 Å². The largest absolute Gasteiger partial charge is 0.482 e. The van der Waals surface area contributed by atoms with E-state index in [1.54, 1.807) is 23.7 Å². The van der Waals surface area contributed by atoms with E-state index in [0.717, 1.165) is 0 Å². The molecular weight excluding hydrogens is 386 g/mol. The van der Waals surface area contributed by atoms with Gasteiger partial charge >= 0.3 is 5.97 Å². The minimum Gasteiger partial charge on any atom is -0.482 e. The van der Waals surface area contributed by atoms with Gasteiger partial charge in [-0.1, -0.05) is 25.4 Å².